The molecular weight excluding hydrogens is 250 g/mol. The lowest BCUT2D eigenvalue weighted by molar-refractivity contribution is 0.559. The smallest absolute Gasteiger partial charge is 0.0952 e. The molecule has 0 radical (unpaired) electrons. The van der Waals surface area contributed by atoms with Gasteiger partial charge in [0.15, 0.2) is 0 Å². The first-order valence-electron chi connectivity index (χ1n) is 5.82. The Morgan fingerprint density at radius 1 is 1.33 bits per heavy atom. The van der Waals surface area contributed by atoms with E-state index in [1.807, 2.05) is 20.9 Å². The zero-order valence-corrected chi connectivity index (χ0v) is 11.4. The summed E-state index contributed by atoms with van der Waals surface area (Å²) in [6.07, 6.45) is 5.17. The molecule has 2 aromatic heterocycles. The van der Waals surface area contributed by atoms with Gasteiger partial charge in [-0.2, -0.15) is 5.10 Å². The van der Waals surface area contributed by atoms with Gasteiger partial charge in [-0.25, -0.2) is 0 Å². The monoisotopic (exact) mass is 265 g/mol. The molecule has 2 rings (SSSR count). The summed E-state index contributed by atoms with van der Waals surface area (Å²) < 4.78 is 1.76. The van der Waals surface area contributed by atoms with Gasteiger partial charge in [-0.1, -0.05) is 18.5 Å². The number of aromatic nitrogens is 4. The third-order valence-electron chi connectivity index (χ3n) is 2.72. The predicted octanol–water partition coefficient (Wildman–Crippen LogP) is 1.87. The Labute approximate surface area is 111 Å². The number of nitrogens with one attached hydrogen (secondary N) is 1. The Morgan fingerprint density at radius 3 is 2.61 bits per heavy atom. The molecule has 0 fully saturated rings. The number of nitrogens with zero attached hydrogens (tertiary/aromatic N) is 4. The number of hydrogen-bond donors (Lipinski definition) is 1. The zero-order valence-electron chi connectivity index (χ0n) is 10.7. The fourth-order valence-electron chi connectivity index (χ4n) is 1.84. The Hall–Kier alpha value is -1.46. The van der Waals surface area contributed by atoms with Crippen LogP contribution in [-0.2, 0) is 7.05 Å². The van der Waals surface area contributed by atoms with Crippen LogP contribution in [0.2, 0.25) is 5.02 Å². The largest absolute Gasteiger partial charge is 0.304 e. The molecule has 18 heavy (non-hydrogen) atoms. The fourth-order valence-corrected chi connectivity index (χ4v) is 2.12. The van der Waals surface area contributed by atoms with Gasteiger partial charge >= 0.3 is 0 Å². The van der Waals surface area contributed by atoms with Gasteiger partial charge in [-0.3, -0.25) is 14.6 Å². The van der Waals surface area contributed by atoms with Crippen molar-refractivity contribution in [1.29, 1.82) is 0 Å². The normalized spacial score (nSPS) is 12.7. The van der Waals surface area contributed by atoms with Gasteiger partial charge in [-0.15, -0.1) is 0 Å². The lowest BCUT2D eigenvalue weighted by Crippen LogP contribution is -2.25. The molecule has 96 valence electrons. The van der Waals surface area contributed by atoms with Crippen molar-refractivity contribution in [1.82, 2.24) is 25.1 Å². The van der Waals surface area contributed by atoms with Crippen molar-refractivity contribution in [2.24, 2.45) is 7.05 Å². The standard InChI is InChI=1S/C12H16ClN5/c1-4-14-11(10-7-15-8(2)5-16-10)12-9(13)6-17-18(12)3/h5-7,11,14H,4H2,1-3H3. The first kappa shape index (κ1) is 13.0. The molecule has 2 heterocycles. The van der Waals surface area contributed by atoms with Crippen LogP contribution in [0.5, 0.6) is 0 Å². The molecule has 1 N–H and O–H groups in total. The fraction of sp³-hybridized carbons (Fsp3) is 0.417. The zero-order chi connectivity index (χ0) is 13.1. The molecule has 0 bridgehead atoms. The Balaban J connectivity index is 2.43. The summed E-state index contributed by atoms with van der Waals surface area (Å²) in [4.78, 5) is 8.69. The van der Waals surface area contributed by atoms with E-state index < -0.39 is 0 Å². The average molecular weight is 266 g/mol. The highest BCUT2D eigenvalue weighted by Gasteiger charge is 2.21. The van der Waals surface area contributed by atoms with Gasteiger partial charge in [0.25, 0.3) is 0 Å². The van der Waals surface area contributed by atoms with Crippen LogP contribution in [0.15, 0.2) is 18.6 Å². The first-order chi connectivity index (χ1) is 8.63. The highest BCUT2D eigenvalue weighted by atomic mass is 35.5. The van der Waals surface area contributed by atoms with Crippen LogP contribution >= 0.6 is 11.6 Å². The van der Waals surface area contributed by atoms with Crippen LogP contribution in [0.3, 0.4) is 0 Å². The second kappa shape index (κ2) is 5.46. The van der Waals surface area contributed by atoms with Crippen molar-refractivity contribution in [3.8, 4) is 0 Å². The van der Waals surface area contributed by atoms with Gasteiger partial charge in [-0.05, 0) is 13.5 Å². The molecule has 0 aromatic carbocycles. The summed E-state index contributed by atoms with van der Waals surface area (Å²) in [7, 11) is 1.87. The van der Waals surface area contributed by atoms with Gasteiger partial charge in [0.2, 0.25) is 0 Å². The van der Waals surface area contributed by atoms with E-state index in [-0.39, 0.29) is 6.04 Å². The summed E-state index contributed by atoms with van der Waals surface area (Å²) in [6, 6.07) is -0.0944. The van der Waals surface area contributed by atoms with Crippen molar-refractivity contribution in [3.63, 3.8) is 0 Å². The van der Waals surface area contributed by atoms with Crippen molar-refractivity contribution in [3.05, 3.63) is 40.7 Å². The molecule has 0 amide bonds. The Kier molecular flexibility index (Phi) is 3.93. The Morgan fingerprint density at radius 2 is 2.11 bits per heavy atom. The molecular formula is C12H16ClN5. The maximum atomic E-state index is 6.19. The van der Waals surface area contributed by atoms with E-state index in [0.29, 0.717) is 5.02 Å². The summed E-state index contributed by atoms with van der Waals surface area (Å²) in [5, 5.41) is 8.14. The van der Waals surface area contributed by atoms with Gasteiger partial charge in [0.1, 0.15) is 0 Å². The molecule has 0 aliphatic rings. The van der Waals surface area contributed by atoms with Crippen molar-refractivity contribution < 1.29 is 0 Å². The molecule has 0 saturated heterocycles. The highest BCUT2D eigenvalue weighted by molar-refractivity contribution is 6.31. The lowest BCUT2D eigenvalue weighted by atomic mass is 10.1. The molecule has 6 heteroatoms. The lowest BCUT2D eigenvalue weighted by Gasteiger charge is -2.18. The summed E-state index contributed by atoms with van der Waals surface area (Å²) in [5.41, 5.74) is 2.63. The summed E-state index contributed by atoms with van der Waals surface area (Å²) >= 11 is 6.19. The number of rotatable bonds is 4. The second-order valence-corrected chi connectivity index (χ2v) is 4.48. The SMILES string of the molecule is CCNC(c1cnc(C)cn1)c1c(Cl)cnn1C. The van der Waals surface area contributed by atoms with E-state index in [4.69, 9.17) is 11.6 Å². The number of halogens is 1. The summed E-state index contributed by atoms with van der Waals surface area (Å²) in [5.74, 6) is 0. The first-order valence-corrected chi connectivity index (χ1v) is 6.20. The van der Waals surface area contributed by atoms with Crippen LogP contribution in [0.4, 0.5) is 0 Å². The molecule has 0 aliphatic carbocycles. The van der Waals surface area contributed by atoms with Gasteiger partial charge in [0, 0.05) is 13.2 Å². The predicted molar refractivity (Wildman–Crippen MR) is 70.5 cm³/mol. The van der Waals surface area contributed by atoms with Gasteiger partial charge < -0.3 is 5.32 Å². The van der Waals surface area contributed by atoms with E-state index in [9.17, 15) is 0 Å². The molecule has 0 aliphatic heterocycles. The van der Waals surface area contributed by atoms with Crippen LogP contribution in [0.1, 0.15) is 30.0 Å². The van der Waals surface area contributed by atoms with Crippen LogP contribution < -0.4 is 5.32 Å². The van der Waals surface area contributed by atoms with Crippen molar-refractivity contribution in [2.75, 3.05) is 6.54 Å². The van der Waals surface area contributed by atoms with E-state index in [1.54, 1.807) is 23.3 Å². The number of aryl methyl sites for hydroxylation is 2. The van der Waals surface area contributed by atoms with Crippen molar-refractivity contribution in [2.45, 2.75) is 19.9 Å². The molecule has 1 atom stereocenters. The van der Waals surface area contributed by atoms with E-state index in [1.165, 1.54) is 0 Å². The maximum Gasteiger partial charge on any atom is 0.0952 e. The minimum Gasteiger partial charge on any atom is -0.304 e. The van der Waals surface area contributed by atoms with Crippen LogP contribution in [0.25, 0.3) is 0 Å². The van der Waals surface area contributed by atoms with Crippen molar-refractivity contribution >= 4 is 11.6 Å². The van der Waals surface area contributed by atoms with Gasteiger partial charge in [0.05, 0.1) is 40.5 Å². The third-order valence-corrected chi connectivity index (χ3v) is 3.01. The topological polar surface area (TPSA) is 55.6 Å². The molecule has 1 unspecified atom stereocenters. The molecule has 0 saturated carbocycles. The van der Waals surface area contributed by atoms with Crippen LogP contribution in [0, 0.1) is 6.92 Å². The maximum absolute atomic E-state index is 6.19. The van der Waals surface area contributed by atoms with E-state index in [2.05, 4.69) is 20.4 Å². The number of hydrogen-bond acceptors (Lipinski definition) is 4. The van der Waals surface area contributed by atoms with Crippen LogP contribution in [-0.4, -0.2) is 26.3 Å². The third kappa shape index (κ3) is 2.52. The molecule has 5 nitrogen and oxygen atoms in total. The minimum atomic E-state index is -0.0944. The minimum absolute atomic E-state index is 0.0944. The quantitative estimate of drug-likeness (QED) is 0.917. The van der Waals surface area contributed by atoms with E-state index in [0.717, 1.165) is 23.6 Å². The van der Waals surface area contributed by atoms with E-state index >= 15 is 0 Å². The molecule has 0 spiro atoms. The second-order valence-electron chi connectivity index (χ2n) is 4.07. The molecule has 2 aromatic rings. The summed E-state index contributed by atoms with van der Waals surface area (Å²) in [6.45, 7) is 4.76. The average Bonchev–Trinajstić information content (AvgIpc) is 2.68. The highest BCUT2D eigenvalue weighted by Crippen LogP contribution is 2.26. The Bertz CT molecular complexity index is 500.